The molecule has 0 bridgehead atoms. The fraction of sp³-hybridized carbons (Fsp3) is 0.571. The van der Waals surface area contributed by atoms with Crippen LogP contribution in [0.4, 0.5) is 0 Å². The Kier molecular flexibility index (Phi) is 2.05. The maximum absolute atomic E-state index is 10.9. The Morgan fingerprint density at radius 1 is 1.73 bits per heavy atom. The summed E-state index contributed by atoms with van der Waals surface area (Å²) in [5.74, 6) is -0.512. The number of carbonyl (C=O) groups is 1. The summed E-state index contributed by atoms with van der Waals surface area (Å²) in [5, 5.41) is 17.9. The minimum absolute atomic E-state index is 0.512. The van der Waals surface area contributed by atoms with Crippen molar-refractivity contribution in [3.63, 3.8) is 0 Å². The van der Waals surface area contributed by atoms with E-state index in [1.54, 1.807) is 0 Å². The highest BCUT2D eigenvalue weighted by Gasteiger charge is 2.42. The molecular weight excluding hydrogens is 168 g/mol. The molecule has 0 saturated heterocycles. The van der Waals surface area contributed by atoms with Crippen molar-refractivity contribution >= 4 is 17.4 Å². The van der Waals surface area contributed by atoms with E-state index in [1.165, 1.54) is 19.1 Å². The maximum atomic E-state index is 10.9. The van der Waals surface area contributed by atoms with Crippen LogP contribution in [-0.4, -0.2) is 33.1 Å². The summed E-state index contributed by atoms with van der Waals surface area (Å²) in [7, 11) is 0. The van der Waals surface area contributed by atoms with Crippen molar-refractivity contribution in [1.29, 1.82) is 0 Å². The molecule has 0 saturated carbocycles. The Bertz CT molecular complexity index is 210. The van der Waals surface area contributed by atoms with E-state index < -0.39 is 22.9 Å². The van der Waals surface area contributed by atoms with Gasteiger partial charge in [-0.25, -0.2) is 0 Å². The predicted octanol–water partition coefficient (Wildman–Crippen LogP) is -0.155. The quantitative estimate of drug-likeness (QED) is 0.505. The molecular formula is C7H9ClO3. The van der Waals surface area contributed by atoms with Crippen molar-refractivity contribution in [3.8, 4) is 0 Å². The molecule has 2 N–H and O–H groups in total. The van der Waals surface area contributed by atoms with Gasteiger partial charge in [0.1, 0.15) is 6.10 Å². The lowest BCUT2D eigenvalue weighted by molar-refractivity contribution is -0.142. The van der Waals surface area contributed by atoms with Gasteiger partial charge < -0.3 is 10.2 Å². The summed E-state index contributed by atoms with van der Waals surface area (Å²) in [6.07, 6.45) is 1.33. The van der Waals surface area contributed by atoms with Crippen LogP contribution >= 0.6 is 11.6 Å². The van der Waals surface area contributed by atoms with Gasteiger partial charge in [0.05, 0.1) is 5.38 Å². The van der Waals surface area contributed by atoms with E-state index >= 15 is 0 Å². The Hall–Kier alpha value is -0.380. The highest BCUT2D eigenvalue weighted by molar-refractivity contribution is 6.23. The third-order valence-corrected chi connectivity index (χ3v) is 2.19. The summed E-state index contributed by atoms with van der Waals surface area (Å²) in [4.78, 5) is 10.9. The molecule has 0 aromatic carbocycles. The molecule has 0 radical (unpaired) electrons. The summed E-state index contributed by atoms with van der Waals surface area (Å²) in [6, 6.07) is 0. The molecule has 0 amide bonds. The number of aliphatic hydroxyl groups excluding tert-OH is 1. The van der Waals surface area contributed by atoms with E-state index in [-0.39, 0.29) is 0 Å². The van der Waals surface area contributed by atoms with Crippen LogP contribution in [0.1, 0.15) is 6.92 Å². The molecule has 62 valence electrons. The van der Waals surface area contributed by atoms with Crippen molar-refractivity contribution in [2.45, 2.75) is 24.0 Å². The van der Waals surface area contributed by atoms with Crippen LogP contribution in [0.15, 0.2) is 12.2 Å². The smallest absolute Gasteiger partial charge is 0.189 e. The van der Waals surface area contributed by atoms with Gasteiger partial charge in [-0.2, -0.15) is 0 Å². The Balaban J connectivity index is 2.97. The van der Waals surface area contributed by atoms with Gasteiger partial charge in [0, 0.05) is 0 Å². The lowest BCUT2D eigenvalue weighted by atomic mass is 9.87. The third-order valence-electron chi connectivity index (χ3n) is 1.81. The summed E-state index contributed by atoms with van der Waals surface area (Å²) in [6.45, 7) is 1.25. The van der Waals surface area contributed by atoms with E-state index in [0.29, 0.717) is 0 Å². The van der Waals surface area contributed by atoms with Crippen molar-refractivity contribution in [1.82, 2.24) is 0 Å². The summed E-state index contributed by atoms with van der Waals surface area (Å²) < 4.78 is 0. The molecule has 1 rings (SSSR count). The van der Waals surface area contributed by atoms with Crippen molar-refractivity contribution in [3.05, 3.63) is 12.2 Å². The van der Waals surface area contributed by atoms with Crippen molar-refractivity contribution in [2.24, 2.45) is 0 Å². The second-order valence-electron chi connectivity index (χ2n) is 2.76. The van der Waals surface area contributed by atoms with Gasteiger partial charge in [0.2, 0.25) is 0 Å². The van der Waals surface area contributed by atoms with Gasteiger partial charge in [-0.05, 0) is 13.0 Å². The average Bonchev–Trinajstić information content (AvgIpc) is 1.95. The predicted molar refractivity (Wildman–Crippen MR) is 40.4 cm³/mol. The first kappa shape index (κ1) is 8.71. The van der Waals surface area contributed by atoms with E-state index in [9.17, 15) is 15.0 Å². The monoisotopic (exact) mass is 176 g/mol. The van der Waals surface area contributed by atoms with Crippen molar-refractivity contribution in [2.75, 3.05) is 0 Å². The van der Waals surface area contributed by atoms with Crippen LogP contribution < -0.4 is 0 Å². The maximum Gasteiger partial charge on any atom is 0.189 e. The number of aliphatic hydroxyl groups is 2. The van der Waals surface area contributed by atoms with Crippen LogP contribution in [0.2, 0.25) is 0 Å². The van der Waals surface area contributed by atoms with Gasteiger partial charge in [-0.1, -0.05) is 6.08 Å². The second-order valence-corrected chi connectivity index (χ2v) is 3.26. The van der Waals surface area contributed by atoms with E-state index in [0.717, 1.165) is 0 Å². The minimum atomic E-state index is -1.73. The Morgan fingerprint density at radius 3 is 2.73 bits per heavy atom. The number of carbonyl (C=O) groups excluding carboxylic acids is 1. The lowest BCUT2D eigenvalue weighted by Gasteiger charge is -2.31. The zero-order valence-corrected chi connectivity index (χ0v) is 6.75. The zero-order valence-electron chi connectivity index (χ0n) is 5.99. The first-order chi connectivity index (χ1) is 4.96. The average molecular weight is 177 g/mol. The number of hydrogen-bond donors (Lipinski definition) is 2. The topological polar surface area (TPSA) is 57.5 Å². The molecule has 0 aliphatic heterocycles. The van der Waals surface area contributed by atoms with Crippen LogP contribution in [0, 0.1) is 0 Å². The van der Waals surface area contributed by atoms with Gasteiger partial charge in [-0.3, -0.25) is 4.79 Å². The molecule has 1 aliphatic rings. The normalized spacial score (nSPS) is 44.5. The highest BCUT2D eigenvalue weighted by atomic mass is 35.5. The number of rotatable bonds is 0. The summed E-state index contributed by atoms with van der Waals surface area (Å²) in [5.41, 5.74) is -1.73. The molecule has 0 heterocycles. The molecule has 0 spiro atoms. The number of halogens is 1. The molecule has 11 heavy (non-hydrogen) atoms. The van der Waals surface area contributed by atoms with Crippen LogP contribution in [0.5, 0.6) is 0 Å². The largest absolute Gasteiger partial charge is 0.388 e. The SMILES string of the molecule is C[C@@]1(O)C(=O)C=C[C@@H](Cl)[C@@H]1O. The van der Waals surface area contributed by atoms with Gasteiger partial charge in [0.25, 0.3) is 0 Å². The van der Waals surface area contributed by atoms with Gasteiger partial charge in [0.15, 0.2) is 11.4 Å². The number of alkyl halides is 1. The van der Waals surface area contributed by atoms with Crippen LogP contribution in [0.3, 0.4) is 0 Å². The van der Waals surface area contributed by atoms with Gasteiger partial charge in [-0.15, -0.1) is 11.6 Å². The molecule has 0 aromatic heterocycles. The number of ketones is 1. The first-order valence-electron chi connectivity index (χ1n) is 3.23. The van der Waals surface area contributed by atoms with Crippen LogP contribution in [-0.2, 0) is 4.79 Å². The van der Waals surface area contributed by atoms with Crippen LogP contribution in [0.25, 0.3) is 0 Å². The minimum Gasteiger partial charge on any atom is -0.388 e. The fourth-order valence-corrected chi connectivity index (χ4v) is 1.23. The molecule has 1 aliphatic carbocycles. The second kappa shape index (κ2) is 2.59. The molecule has 0 fully saturated rings. The van der Waals surface area contributed by atoms with E-state index in [1.807, 2.05) is 0 Å². The molecule has 3 atom stereocenters. The Labute approximate surface area is 69.3 Å². The molecule has 4 heteroatoms. The fourth-order valence-electron chi connectivity index (χ4n) is 0.909. The van der Waals surface area contributed by atoms with E-state index in [2.05, 4.69) is 0 Å². The standard InChI is InChI=1S/C7H9ClO3/c1-7(11)5(9)3-2-4(8)6(7)10/h2-4,6,10-11H,1H3/t4-,6+,7-/m1/s1. The first-order valence-corrected chi connectivity index (χ1v) is 3.67. The highest BCUT2D eigenvalue weighted by Crippen LogP contribution is 2.23. The van der Waals surface area contributed by atoms with Gasteiger partial charge >= 0.3 is 0 Å². The molecule has 3 nitrogen and oxygen atoms in total. The zero-order chi connectivity index (χ0) is 8.65. The summed E-state index contributed by atoms with van der Waals surface area (Å²) >= 11 is 5.57. The Morgan fingerprint density at radius 2 is 2.27 bits per heavy atom. The van der Waals surface area contributed by atoms with Crippen molar-refractivity contribution < 1.29 is 15.0 Å². The van der Waals surface area contributed by atoms with E-state index in [4.69, 9.17) is 11.6 Å². The molecule has 0 unspecified atom stereocenters. The molecule has 0 aromatic rings. The number of hydrogen-bond acceptors (Lipinski definition) is 3. The lowest BCUT2D eigenvalue weighted by Crippen LogP contribution is -2.52. The third kappa shape index (κ3) is 1.31.